The zero-order valence-electron chi connectivity index (χ0n) is 10.5. The number of rotatable bonds is 3. The number of aromatic nitrogens is 2. The van der Waals surface area contributed by atoms with Gasteiger partial charge in [-0.05, 0) is 37.6 Å². The molecule has 0 unspecified atom stereocenters. The second-order valence-electron chi connectivity index (χ2n) is 3.90. The van der Waals surface area contributed by atoms with Crippen molar-refractivity contribution in [3.8, 4) is 11.6 Å². The fourth-order valence-electron chi connectivity index (χ4n) is 1.56. The molecule has 0 aliphatic rings. The first-order valence-electron chi connectivity index (χ1n) is 5.56. The Bertz CT molecular complexity index is 572. The number of nitrogens with one attached hydrogen (secondary N) is 1. The Kier molecular flexibility index (Phi) is 3.81. The van der Waals surface area contributed by atoms with Gasteiger partial charge in [0.25, 0.3) is 0 Å². The summed E-state index contributed by atoms with van der Waals surface area (Å²) in [5.74, 6) is 2.74. The van der Waals surface area contributed by atoms with Crippen LogP contribution >= 0.6 is 15.9 Å². The first-order valence-corrected chi connectivity index (χ1v) is 6.35. The van der Waals surface area contributed by atoms with Gasteiger partial charge < -0.3 is 10.1 Å². The van der Waals surface area contributed by atoms with Gasteiger partial charge in [0.05, 0.1) is 0 Å². The second kappa shape index (κ2) is 5.35. The van der Waals surface area contributed by atoms with Crippen LogP contribution in [0.25, 0.3) is 0 Å². The van der Waals surface area contributed by atoms with Gasteiger partial charge in [0, 0.05) is 17.6 Å². The molecule has 4 nitrogen and oxygen atoms in total. The van der Waals surface area contributed by atoms with Crippen molar-refractivity contribution in [2.24, 2.45) is 0 Å². The van der Waals surface area contributed by atoms with E-state index in [1.807, 2.05) is 39.1 Å². The first kappa shape index (κ1) is 12.8. The largest absolute Gasteiger partial charge is 0.439 e. The molecule has 5 heteroatoms. The van der Waals surface area contributed by atoms with Gasteiger partial charge in [0.15, 0.2) is 0 Å². The van der Waals surface area contributed by atoms with Crippen LogP contribution in [0, 0.1) is 13.8 Å². The van der Waals surface area contributed by atoms with Gasteiger partial charge in [-0.15, -0.1) is 0 Å². The molecule has 1 N–H and O–H groups in total. The number of hydrogen-bond donors (Lipinski definition) is 1. The van der Waals surface area contributed by atoms with Crippen LogP contribution in [0.15, 0.2) is 28.7 Å². The third-order valence-corrected chi connectivity index (χ3v) is 2.92. The number of nitrogens with zero attached hydrogens (tertiary/aromatic N) is 2. The minimum Gasteiger partial charge on any atom is -0.439 e. The fraction of sp³-hybridized carbons (Fsp3) is 0.231. The van der Waals surface area contributed by atoms with E-state index >= 15 is 0 Å². The van der Waals surface area contributed by atoms with E-state index in [-0.39, 0.29) is 0 Å². The molecule has 0 aliphatic heterocycles. The van der Waals surface area contributed by atoms with Crippen molar-refractivity contribution < 1.29 is 4.74 Å². The minimum absolute atomic E-state index is 0.539. The van der Waals surface area contributed by atoms with Crippen molar-refractivity contribution in [1.82, 2.24) is 9.97 Å². The standard InChI is InChI=1S/C13H14BrN3O/c1-8-6-10(14)4-5-11(8)18-13-7-12(15-3)16-9(2)17-13/h4-7H,1-3H3,(H,15,16,17). The summed E-state index contributed by atoms with van der Waals surface area (Å²) in [5.41, 5.74) is 1.05. The average Bonchev–Trinajstić information content (AvgIpc) is 2.32. The van der Waals surface area contributed by atoms with Crippen LogP contribution < -0.4 is 10.1 Å². The molecule has 0 amide bonds. The van der Waals surface area contributed by atoms with Crippen molar-refractivity contribution in [2.75, 3.05) is 12.4 Å². The van der Waals surface area contributed by atoms with Gasteiger partial charge in [-0.2, -0.15) is 4.98 Å². The van der Waals surface area contributed by atoms with Crippen molar-refractivity contribution in [3.05, 3.63) is 40.1 Å². The Hall–Kier alpha value is -1.62. The Balaban J connectivity index is 2.30. The Labute approximate surface area is 115 Å². The van der Waals surface area contributed by atoms with E-state index in [4.69, 9.17) is 4.74 Å². The highest BCUT2D eigenvalue weighted by atomic mass is 79.9. The summed E-state index contributed by atoms with van der Waals surface area (Å²) >= 11 is 3.42. The number of benzene rings is 1. The molecule has 0 aliphatic carbocycles. The fourth-order valence-corrected chi connectivity index (χ4v) is 2.04. The third kappa shape index (κ3) is 2.98. The molecule has 1 heterocycles. The van der Waals surface area contributed by atoms with Gasteiger partial charge in [-0.3, -0.25) is 0 Å². The summed E-state index contributed by atoms with van der Waals surface area (Å²) in [7, 11) is 1.82. The van der Waals surface area contributed by atoms with Gasteiger partial charge in [0.2, 0.25) is 5.88 Å². The number of hydrogen-bond acceptors (Lipinski definition) is 4. The van der Waals surface area contributed by atoms with E-state index < -0.39 is 0 Å². The topological polar surface area (TPSA) is 47.0 Å². The number of anilines is 1. The summed E-state index contributed by atoms with van der Waals surface area (Å²) < 4.78 is 6.81. The molecule has 0 saturated heterocycles. The highest BCUT2D eigenvalue weighted by molar-refractivity contribution is 9.10. The molecule has 2 rings (SSSR count). The molecule has 18 heavy (non-hydrogen) atoms. The molecule has 0 bridgehead atoms. The predicted octanol–water partition coefficient (Wildman–Crippen LogP) is 3.69. The monoisotopic (exact) mass is 307 g/mol. The summed E-state index contributed by atoms with van der Waals surface area (Å²) in [4.78, 5) is 8.48. The lowest BCUT2D eigenvalue weighted by atomic mass is 10.2. The van der Waals surface area contributed by atoms with E-state index in [0.29, 0.717) is 11.7 Å². The molecule has 94 valence electrons. The number of ether oxygens (including phenoxy) is 1. The Morgan fingerprint density at radius 3 is 2.61 bits per heavy atom. The van der Waals surface area contributed by atoms with E-state index in [9.17, 15) is 0 Å². The molecule has 0 spiro atoms. The normalized spacial score (nSPS) is 10.2. The molecule has 0 saturated carbocycles. The molecular weight excluding hydrogens is 294 g/mol. The summed E-state index contributed by atoms with van der Waals surface area (Å²) in [5, 5.41) is 2.98. The zero-order valence-corrected chi connectivity index (χ0v) is 12.1. The number of halogens is 1. The van der Waals surface area contributed by atoms with Crippen molar-refractivity contribution in [1.29, 1.82) is 0 Å². The van der Waals surface area contributed by atoms with Crippen LogP contribution in [-0.2, 0) is 0 Å². The molecular formula is C13H14BrN3O. The zero-order chi connectivity index (χ0) is 13.1. The van der Waals surface area contributed by atoms with Crippen LogP contribution in [0.3, 0.4) is 0 Å². The summed E-state index contributed by atoms with van der Waals surface area (Å²) in [6.07, 6.45) is 0. The highest BCUT2D eigenvalue weighted by Crippen LogP contribution is 2.27. The smallest absolute Gasteiger partial charge is 0.224 e. The van der Waals surface area contributed by atoms with Gasteiger partial charge in [-0.1, -0.05) is 15.9 Å². The molecule has 0 radical (unpaired) electrons. The van der Waals surface area contributed by atoms with Gasteiger partial charge in [0.1, 0.15) is 17.4 Å². The lowest BCUT2D eigenvalue weighted by molar-refractivity contribution is 0.456. The van der Waals surface area contributed by atoms with Crippen LogP contribution in [-0.4, -0.2) is 17.0 Å². The SMILES string of the molecule is CNc1cc(Oc2ccc(Br)cc2C)nc(C)n1. The highest BCUT2D eigenvalue weighted by Gasteiger charge is 2.05. The van der Waals surface area contributed by atoms with Crippen molar-refractivity contribution in [3.63, 3.8) is 0 Å². The van der Waals surface area contributed by atoms with Crippen LogP contribution in [0.4, 0.5) is 5.82 Å². The maximum Gasteiger partial charge on any atom is 0.224 e. The molecule has 2 aromatic rings. The second-order valence-corrected chi connectivity index (χ2v) is 4.82. The van der Waals surface area contributed by atoms with Crippen LogP contribution in [0.5, 0.6) is 11.6 Å². The molecule has 1 aromatic heterocycles. The van der Waals surface area contributed by atoms with Crippen molar-refractivity contribution >= 4 is 21.7 Å². The quantitative estimate of drug-likeness (QED) is 0.939. The number of aryl methyl sites for hydroxylation is 2. The summed E-state index contributed by atoms with van der Waals surface area (Å²) in [6, 6.07) is 7.63. The molecule has 0 atom stereocenters. The Morgan fingerprint density at radius 2 is 1.94 bits per heavy atom. The van der Waals surface area contributed by atoms with Crippen LogP contribution in [0.2, 0.25) is 0 Å². The lowest BCUT2D eigenvalue weighted by Crippen LogP contribution is -1.99. The Morgan fingerprint density at radius 1 is 1.17 bits per heavy atom. The minimum atomic E-state index is 0.539. The van der Waals surface area contributed by atoms with Crippen molar-refractivity contribution in [2.45, 2.75) is 13.8 Å². The molecule has 0 fully saturated rings. The van der Waals surface area contributed by atoms with Crippen LogP contribution in [0.1, 0.15) is 11.4 Å². The van der Waals surface area contributed by atoms with Gasteiger partial charge in [-0.25, -0.2) is 4.98 Å². The van der Waals surface area contributed by atoms with E-state index in [0.717, 1.165) is 21.6 Å². The summed E-state index contributed by atoms with van der Waals surface area (Å²) in [6.45, 7) is 3.83. The van der Waals surface area contributed by atoms with E-state index in [1.165, 1.54) is 0 Å². The maximum absolute atomic E-state index is 5.78. The van der Waals surface area contributed by atoms with E-state index in [1.54, 1.807) is 6.07 Å². The predicted molar refractivity (Wildman–Crippen MR) is 75.3 cm³/mol. The molecule has 1 aromatic carbocycles. The van der Waals surface area contributed by atoms with Gasteiger partial charge >= 0.3 is 0 Å². The third-order valence-electron chi connectivity index (χ3n) is 2.42. The van der Waals surface area contributed by atoms with E-state index in [2.05, 4.69) is 31.2 Å². The average molecular weight is 308 g/mol. The lowest BCUT2D eigenvalue weighted by Gasteiger charge is -2.09. The maximum atomic E-state index is 5.78. The first-order chi connectivity index (χ1) is 8.58.